The van der Waals surface area contributed by atoms with Crippen molar-refractivity contribution < 1.29 is 14.3 Å². The molecule has 0 atom stereocenters. The first-order valence-corrected chi connectivity index (χ1v) is 7.70. The number of nitrogens with one attached hydrogen (secondary N) is 2. The molecule has 0 aliphatic carbocycles. The van der Waals surface area contributed by atoms with Crippen LogP contribution in [0.3, 0.4) is 0 Å². The molecule has 1 aliphatic rings. The molecule has 0 aromatic heterocycles. The molecule has 0 unspecified atom stereocenters. The lowest BCUT2D eigenvalue weighted by Gasteiger charge is -2.27. The molecule has 0 saturated heterocycles. The van der Waals surface area contributed by atoms with Crippen LogP contribution in [0.1, 0.15) is 17.3 Å². The lowest BCUT2D eigenvalue weighted by Crippen LogP contribution is -2.28. The van der Waals surface area contributed by atoms with Crippen molar-refractivity contribution in [2.24, 2.45) is 0 Å². The zero-order chi connectivity index (χ0) is 17.1. The van der Waals surface area contributed by atoms with Crippen LogP contribution in [0.4, 0.5) is 17.1 Å². The molecule has 6 heteroatoms. The average Bonchev–Trinajstić information content (AvgIpc) is 2.54. The number of anilines is 3. The van der Waals surface area contributed by atoms with Gasteiger partial charge in [-0.05, 0) is 30.3 Å². The molecule has 1 heterocycles. The molecule has 24 heavy (non-hydrogen) atoms. The molecule has 2 amide bonds. The number of amides is 2. The second kappa shape index (κ2) is 6.62. The summed E-state index contributed by atoms with van der Waals surface area (Å²) in [7, 11) is 2.01. The van der Waals surface area contributed by atoms with Crippen LogP contribution in [0.15, 0.2) is 42.5 Å². The normalized spacial score (nSPS) is 12.8. The number of benzene rings is 2. The molecule has 0 radical (unpaired) electrons. The number of fused-ring (bicyclic) bond motifs is 1. The highest BCUT2D eigenvalue weighted by atomic mass is 16.5. The molecule has 2 aromatic carbocycles. The van der Waals surface area contributed by atoms with Gasteiger partial charge in [0.25, 0.3) is 5.91 Å². The summed E-state index contributed by atoms with van der Waals surface area (Å²) in [4.78, 5) is 25.6. The molecule has 0 bridgehead atoms. The van der Waals surface area contributed by atoms with Gasteiger partial charge in [-0.1, -0.05) is 6.07 Å². The van der Waals surface area contributed by atoms with Gasteiger partial charge in [0, 0.05) is 37.0 Å². The van der Waals surface area contributed by atoms with Crippen LogP contribution in [0.25, 0.3) is 0 Å². The Morgan fingerprint density at radius 1 is 1.08 bits per heavy atom. The first-order valence-electron chi connectivity index (χ1n) is 7.70. The highest BCUT2D eigenvalue weighted by Crippen LogP contribution is 2.33. The first-order chi connectivity index (χ1) is 11.5. The summed E-state index contributed by atoms with van der Waals surface area (Å²) in [6.07, 6.45) is 0. The van der Waals surface area contributed by atoms with E-state index in [1.54, 1.807) is 24.3 Å². The highest BCUT2D eigenvalue weighted by molar-refractivity contribution is 6.05. The Morgan fingerprint density at radius 3 is 2.67 bits per heavy atom. The third kappa shape index (κ3) is 3.48. The smallest absolute Gasteiger partial charge is 0.255 e. The molecular weight excluding hydrogens is 306 g/mol. The maximum absolute atomic E-state index is 12.4. The summed E-state index contributed by atoms with van der Waals surface area (Å²) in [5.41, 5.74) is 2.73. The summed E-state index contributed by atoms with van der Waals surface area (Å²) in [5, 5.41) is 5.52. The Bertz CT molecular complexity index is 789. The van der Waals surface area contributed by atoms with Crippen LogP contribution in [0.5, 0.6) is 5.75 Å². The Morgan fingerprint density at radius 2 is 1.88 bits per heavy atom. The number of nitrogens with zero attached hydrogens (tertiary/aromatic N) is 1. The van der Waals surface area contributed by atoms with Gasteiger partial charge in [-0.25, -0.2) is 0 Å². The fraction of sp³-hybridized carbons (Fsp3) is 0.222. The van der Waals surface area contributed by atoms with Crippen molar-refractivity contribution in [3.05, 3.63) is 48.0 Å². The van der Waals surface area contributed by atoms with Gasteiger partial charge in [0.2, 0.25) is 5.91 Å². The van der Waals surface area contributed by atoms with E-state index in [-0.39, 0.29) is 11.8 Å². The van der Waals surface area contributed by atoms with Crippen molar-refractivity contribution in [2.45, 2.75) is 6.92 Å². The van der Waals surface area contributed by atoms with Gasteiger partial charge in [-0.2, -0.15) is 0 Å². The monoisotopic (exact) mass is 325 g/mol. The van der Waals surface area contributed by atoms with E-state index in [1.807, 2.05) is 25.2 Å². The van der Waals surface area contributed by atoms with Gasteiger partial charge < -0.3 is 20.3 Å². The fourth-order valence-electron chi connectivity index (χ4n) is 2.58. The summed E-state index contributed by atoms with van der Waals surface area (Å²) in [6, 6.07) is 12.4. The number of carbonyl (C=O) groups excluding carboxylic acids is 2. The zero-order valence-corrected chi connectivity index (χ0v) is 13.6. The summed E-state index contributed by atoms with van der Waals surface area (Å²) >= 11 is 0. The molecule has 1 aliphatic heterocycles. The Labute approximate surface area is 140 Å². The van der Waals surface area contributed by atoms with E-state index in [9.17, 15) is 9.59 Å². The summed E-state index contributed by atoms with van der Waals surface area (Å²) in [5.74, 6) is 0.336. The molecule has 0 saturated carbocycles. The van der Waals surface area contributed by atoms with Gasteiger partial charge in [0.1, 0.15) is 12.4 Å². The number of hydrogen-bond acceptors (Lipinski definition) is 4. The highest BCUT2D eigenvalue weighted by Gasteiger charge is 2.16. The predicted octanol–water partition coefficient (Wildman–Crippen LogP) is 2.73. The SMILES string of the molecule is CC(=O)Nc1cccc(C(=O)Nc2ccc3c(c2)OCCN3C)c1. The molecule has 0 spiro atoms. The van der Waals surface area contributed by atoms with Crippen LogP contribution in [0, 0.1) is 0 Å². The lowest BCUT2D eigenvalue weighted by atomic mass is 10.1. The van der Waals surface area contributed by atoms with E-state index >= 15 is 0 Å². The van der Waals surface area contributed by atoms with Gasteiger partial charge in [0.05, 0.1) is 12.2 Å². The largest absolute Gasteiger partial charge is 0.489 e. The molecule has 2 aromatic rings. The lowest BCUT2D eigenvalue weighted by molar-refractivity contribution is -0.114. The second-order valence-electron chi connectivity index (χ2n) is 5.67. The molecule has 2 N–H and O–H groups in total. The molecule has 0 fully saturated rings. The number of ether oxygens (including phenoxy) is 1. The molecule has 124 valence electrons. The van der Waals surface area contributed by atoms with Gasteiger partial charge in [-0.15, -0.1) is 0 Å². The van der Waals surface area contributed by atoms with Gasteiger partial charge >= 0.3 is 0 Å². The Kier molecular flexibility index (Phi) is 4.37. The van der Waals surface area contributed by atoms with Crippen molar-refractivity contribution in [3.8, 4) is 5.75 Å². The molecule has 3 rings (SSSR count). The van der Waals surface area contributed by atoms with Gasteiger partial charge in [-0.3, -0.25) is 9.59 Å². The number of rotatable bonds is 3. The third-order valence-corrected chi connectivity index (χ3v) is 3.76. The number of hydrogen-bond donors (Lipinski definition) is 2. The second-order valence-corrected chi connectivity index (χ2v) is 5.67. The van der Waals surface area contributed by atoms with Crippen molar-refractivity contribution >= 4 is 28.9 Å². The van der Waals surface area contributed by atoms with Crippen LogP contribution in [-0.2, 0) is 4.79 Å². The van der Waals surface area contributed by atoms with Crippen molar-refractivity contribution in [1.29, 1.82) is 0 Å². The minimum absolute atomic E-state index is 0.177. The summed E-state index contributed by atoms with van der Waals surface area (Å²) in [6.45, 7) is 2.89. The van der Waals surface area contributed by atoms with Crippen LogP contribution in [0.2, 0.25) is 0 Å². The van der Waals surface area contributed by atoms with E-state index < -0.39 is 0 Å². The number of likely N-dealkylation sites (N-methyl/N-ethyl adjacent to an activating group) is 1. The maximum atomic E-state index is 12.4. The predicted molar refractivity (Wildman–Crippen MR) is 93.9 cm³/mol. The minimum atomic E-state index is -0.244. The minimum Gasteiger partial charge on any atom is -0.489 e. The Hall–Kier alpha value is -3.02. The van der Waals surface area contributed by atoms with Crippen LogP contribution in [-0.4, -0.2) is 32.0 Å². The van der Waals surface area contributed by atoms with Crippen molar-refractivity contribution in [3.63, 3.8) is 0 Å². The fourth-order valence-corrected chi connectivity index (χ4v) is 2.58. The molecule has 6 nitrogen and oxygen atoms in total. The first kappa shape index (κ1) is 15.9. The quantitative estimate of drug-likeness (QED) is 0.910. The van der Waals surface area contributed by atoms with E-state index in [2.05, 4.69) is 15.5 Å². The van der Waals surface area contributed by atoms with E-state index in [0.717, 1.165) is 18.0 Å². The topological polar surface area (TPSA) is 70.7 Å². The Balaban J connectivity index is 1.76. The van der Waals surface area contributed by atoms with E-state index in [1.165, 1.54) is 6.92 Å². The maximum Gasteiger partial charge on any atom is 0.255 e. The van der Waals surface area contributed by atoms with Gasteiger partial charge in [0.15, 0.2) is 0 Å². The average molecular weight is 325 g/mol. The van der Waals surface area contributed by atoms with Crippen LogP contribution < -0.4 is 20.3 Å². The van der Waals surface area contributed by atoms with E-state index in [0.29, 0.717) is 23.5 Å². The van der Waals surface area contributed by atoms with E-state index in [4.69, 9.17) is 4.74 Å². The zero-order valence-electron chi connectivity index (χ0n) is 13.6. The number of carbonyl (C=O) groups is 2. The van der Waals surface area contributed by atoms with Crippen LogP contribution >= 0.6 is 0 Å². The third-order valence-electron chi connectivity index (χ3n) is 3.76. The standard InChI is InChI=1S/C18H19N3O3/c1-12(22)19-14-5-3-4-13(10-14)18(23)20-15-6-7-16-17(11-15)24-9-8-21(16)2/h3-7,10-11H,8-9H2,1-2H3,(H,19,22)(H,20,23). The molecular formula is C18H19N3O3. The summed E-state index contributed by atoms with van der Waals surface area (Å²) < 4.78 is 5.64. The van der Waals surface area contributed by atoms with Crippen molar-refractivity contribution in [2.75, 3.05) is 35.7 Å². The van der Waals surface area contributed by atoms with Crippen molar-refractivity contribution in [1.82, 2.24) is 0 Å².